The van der Waals surface area contributed by atoms with Crippen molar-refractivity contribution in [1.82, 2.24) is 9.97 Å². The summed E-state index contributed by atoms with van der Waals surface area (Å²) >= 11 is 0. The monoisotopic (exact) mass is 207 g/mol. The van der Waals surface area contributed by atoms with E-state index in [9.17, 15) is 0 Å². The minimum absolute atomic E-state index is 0.180. The van der Waals surface area contributed by atoms with Crippen LogP contribution in [0.3, 0.4) is 0 Å². The molecule has 0 spiro atoms. The highest BCUT2D eigenvalue weighted by molar-refractivity contribution is 5.28. The minimum atomic E-state index is 0.180. The molecule has 0 atom stereocenters. The molecular formula is C12H21N3. The summed E-state index contributed by atoms with van der Waals surface area (Å²) in [5.41, 5.74) is 1.40. The topological polar surface area (TPSA) is 29.0 Å². The SMILES string of the molecule is CCCC(C)(C)c1cnc(N(C)C)nc1. The highest BCUT2D eigenvalue weighted by Crippen LogP contribution is 2.27. The van der Waals surface area contributed by atoms with E-state index in [1.165, 1.54) is 12.0 Å². The average molecular weight is 207 g/mol. The number of aromatic nitrogens is 2. The minimum Gasteiger partial charge on any atom is -0.347 e. The van der Waals surface area contributed by atoms with Crippen molar-refractivity contribution >= 4 is 5.95 Å². The summed E-state index contributed by atoms with van der Waals surface area (Å²) in [6.45, 7) is 6.69. The van der Waals surface area contributed by atoms with Crippen LogP contribution >= 0.6 is 0 Å². The van der Waals surface area contributed by atoms with Crippen molar-refractivity contribution in [2.45, 2.75) is 39.0 Å². The predicted molar refractivity (Wildman–Crippen MR) is 64.3 cm³/mol. The molecule has 0 saturated heterocycles. The van der Waals surface area contributed by atoms with E-state index in [4.69, 9.17) is 0 Å². The lowest BCUT2D eigenvalue weighted by molar-refractivity contribution is 0.470. The maximum absolute atomic E-state index is 4.34. The van der Waals surface area contributed by atoms with Crippen LogP contribution < -0.4 is 4.90 Å². The molecular weight excluding hydrogens is 186 g/mol. The lowest BCUT2D eigenvalue weighted by atomic mass is 9.82. The molecule has 0 radical (unpaired) electrons. The Hall–Kier alpha value is -1.12. The van der Waals surface area contributed by atoms with Gasteiger partial charge in [0.05, 0.1) is 0 Å². The summed E-state index contributed by atoms with van der Waals surface area (Å²) in [7, 11) is 3.90. The van der Waals surface area contributed by atoms with E-state index in [0.29, 0.717) is 0 Å². The zero-order valence-corrected chi connectivity index (χ0v) is 10.4. The molecule has 84 valence electrons. The van der Waals surface area contributed by atoms with Crippen LogP contribution in [-0.4, -0.2) is 24.1 Å². The van der Waals surface area contributed by atoms with Gasteiger partial charge in [0.2, 0.25) is 5.95 Å². The Balaban J connectivity index is 2.88. The molecule has 15 heavy (non-hydrogen) atoms. The summed E-state index contributed by atoms with van der Waals surface area (Å²) in [4.78, 5) is 10.6. The number of anilines is 1. The second-order valence-electron chi connectivity index (χ2n) is 4.80. The van der Waals surface area contributed by atoms with E-state index in [0.717, 1.165) is 12.4 Å². The maximum atomic E-state index is 4.34. The van der Waals surface area contributed by atoms with Gasteiger partial charge >= 0.3 is 0 Å². The fraction of sp³-hybridized carbons (Fsp3) is 0.667. The van der Waals surface area contributed by atoms with Gasteiger partial charge in [-0.05, 0) is 17.4 Å². The molecule has 0 fully saturated rings. The highest BCUT2D eigenvalue weighted by atomic mass is 15.2. The first kappa shape index (κ1) is 12.0. The number of hydrogen-bond acceptors (Lipinski definition) is 3. The zero-order valence-electron chi connectivity index (χ0n) is 10.4. The fourth-order valence-electron chi connectivity index (χ4n) is 1.67. The maximum Gasteiger partial charge on any atom is 0.224 e. The summed E-state index contributed by atoms with van der Waals surface area (Å²) in [5, 5.41) is 0. The van der Waals surface area contributed by atoms with Gasteiger partial charge in [0, 0.05) is 26.5 Å². The highest BCUT2D eigenvalue weighted by Gasteiger charge is 2.20. The third-order valence-corrected chi connectivity index (χ3v) is 2.69. The Morgan fingerprint density at radius 2 is 1.73 bits per heavy atom. The van der Waals surface area contributed by atoms with Gasteiger partial charge in [0.15, 0.2) is 0 Å². The summed E-state index contributed by atoms with van der Waals surface area (Å²) < 4.78 is 0. The van der Waals surface area contributed by atoms with Crippen molar-refractivity contribution in [2.24, 2.45) is 0 Å². The molecule has 0 aliphatic carbocycles. The van der Waals surface area contributed by atoms with E-state index < -0.39 is 0 Å². The number of rotatable bonds is 4. The molecule has 0 N–H and O–H groups in total. The Morgan fingerprint density at radius 1 is 1.20 bits per heavy atom. The average Bonchev–Trinajstić information content (AvgIpc) is 2.18. The first-order valence-electron chi connectivity index (χ1n) is 5.47. The van der Waals surface area contributed by atoms with Crippen molar-refractivity contribution in [1.29, 1.82) is 0 Å². The van der Waals surface area contributed by atoms with Crippen molar-refractivity contribution in [3.05, 3.63) is 18.0 Å². The Labute approximate surface area is 92.6 Å². The molecule has 1 rings (SSSR count). The van der Waals surface area contributed by atoms with Gasteiger partial charge in [-0.25, -0.2) is 9.97 Å². The molecule has 0 amide bonds. The quantitative estimate of drug-likeness (QED) is 0.760. The van der Waals surface area contributed by atoms with Crippen LogP contribution in [0.1, 0.15) is 39.2 Å². The fourth-order valence-corrected chi connectivity index (χ4v) is 1.67. The van der Waals surface area contributed by atoms with Gasteiger partial charge in [0.25, 0.3) is 0 Å². The van der Waals surface area contributed by atoms with Crippen LogP contribution in [0.5, 0.6) is 0 Å². The van der Waals surface area contributed by atoms with Gasteiger partial charge < -0.3 is 4.90 Å². The second kappa shape index (κ2) is 4.60. The second-order valence-corrected chi connectivity index (χ2v) is 4.80. The van der Waals surface area contributed by atoms with Crippen LogP contribution in [0.25, 0.3) is 0 Å². The first-order valence-corrected chi connectivity index (χ1v) is 5.47. The predicted octanol–water partition coefficient (Wildman–Crippen LogP) is 2.62. The van der Waals surface area contributed by atoms with Gasteiger partial charge in [-0.2, -0.15) is 0 Å². The van der Waals surface area contributed by atoms with Gasteiger partial charge in [0.1, 0.15) is 0 Å². The van der Waals surface area contributed by atoms with Crippen molar-refractivity contribution in [2.75, 3.05) is 19.0 Å². The molecule has 1 aromatic rings. The van der Waals surface area contributed by atoms with E-state index in [1.807, 2.05) is 31.4 Å². The first-order chi connectivity index (χ1) is 6.97. The lowest BCUT2D eigenvalue weighted by Crippen LogP contribution is -2.19. The van der Waals surface area contributed by atoms with E-state index in [1.54, 1.807) is 0 Å². The Morgan fingerprint density at radius 3 is 2.13 bits per heavy atom. The van der Waals surface area contributed by atoms with E-state index in [2.05, 4.69) is 30.7 Å². The Bertz CT molecular complexity index is 301. The number of nitrogens with zero attached hydrogens (tertiary/aromatic N) is 3. The zero-order chi connectivity index (χ0) is 11.5. The van der Waals surface area contributed by atoms with Crippen molar-refractivity contribution in [3.63, 3.8) is 0 Å². The van der Waals surface area contributed by atoms with Crippen LogP contribution in [-0.2, 0) is 5.41 Å². The third kappa shape index (κ3) is 2.91. The normalized spacial score (nSPS) is 11.5. The van der Waals surface area contributed by atoms with Gasteiger partial charge in [-0.3, -0.25) is 0 Å². The molecule has 3 heteroatoms. The molecule has 0 unspecified atom stereocenters. The summed E-state index contributed by atoms with van der Waals surface area (Å²) in [5.74, 6) is 0.769. The van der Waals surface area contributed by atoms with Crippen LogP contribution in [0.4, 0.5) is 5.95 Å². The molecule has 3 nitrogen and oxygen atoms in total. The third-order valence-electron chi connectivity index (χ3n) is 2.69. The molecule has 0 saturated carbocycles. The molecule has 0 aliphatic heterocycles. The Kier molecular flexibility index (Phi) is 3.66. The summed E-state index contributed by atoms with van der Waals surface area (Å²) in [6.07, 6.45) is 6.23. The van der Waals surface area contributed by atoms with Crippen molar-refractivity contribution in [3.8, 4) is 0 Å². The van der Waals surface area contributed by atoms with E-state index >= 15 is 0 Å². The molecule has 1 heterocycles. The number of hydrogen-bond donors (Lipinski definition) is 0. The van der Waals surface area contributed by atoms with Crippen LogP contribution in [0.2, 0.25) is 0 Å². The molecule has 0 bridgehead atoms. The van der Waals surface area contributed by atoms with Crippen LogP contribution in [0, 0.1) is 0 Å². The standard InChI is InChI=1S/C12H21N3/c1-6-7-12(2,3)10-8-13-11(14-9-10)15(4)5/h8-9H,6-7H2,1-5H3. The van der Waals surface area contributed by atoms with Gasteiger partial charge in [-0.15, -0.1) is 0 Å². The lowest BCUT2D eigenvalue weighted by Gasteiger charge is -2.24. The molecule has 1 aromatic heterocycles. The van der Waals surface area contributed by atoms with E-state index in [-0.39, 0.29) is 5.41 Å². The van der Waals surface area contributed by atoms with Crippen LogP contribution in [0.15, 0.2) is 12.4 Å². The van der Waals surface area contributed by atoms with Crippen molar-refractivity contribution < 1.29 is 0 Å². The largest absolute Gasteiger partial charge is 0.347 e. The smallest absolute Gasteiger partial charge is 0.224 e. The molecule has 0 aliphatic rings. The van der Waals surface area contributed by atoms with Gasteiger partial charge in [-0.1, -0.05) is 27.2 Å². The molecule has 0 aromatic carbocycles. The summed E-state index contributed by atoms with van der Waals surface area (Å²) in [6, 6.07) is 0.